The van der Waals surface area contributed by atoms with E-state index in [9.17, 15) is 21.6 Å². The minimum Gasteiger partial charge on any atom is -0.366 e. The summed E-state index contributed by atoms with van der Waals surface area (Å²) in [4.78, 5) is 6.32. The number of alkyl halides is 3. The number of hydrogen-bond donors (Lipinski definition) is 2. The zero-order valence-corrected chi connectivity index (χ0v) is 19.3. The van der Waals surface area contributed by atoms with Gasteiger partial charge in [-0.2, -0.15) is 0 Å². The van der Waals surface area contributed by atoms with Crippen molar-refractivity contribution in [2.45, 2.75) is 42.7 Å². The molecule has 178 valence electrons. The van der Waals surface area contributed by atoms with E-state index >= 15 is 0 Å². The number of imidazole rings is 1. The Labute approximate surface area is 192 Å². The number of aromatic nitrogens is 4. The molecule has 0 bridgehead atoms. The van der Waals surface area contributed by atoms with Crippen LogP contribution in [0.15, 0.2) is 23.4 Å². The van der Waals surface area contributed by atoms with Gasteiger partial charge in [0.15, 0.2) is 15.7 Å². The third kappa shape index (κ3) is 4.32. The Bertz CT molecular complexity index is 1290. The van der Waals surface area contributed by atoms with Crippen LogP contribution in [0.25, 0.3) is 16.3 Å². The fourth-order valence-electron chi connectivity index (χ4n) is 3.83. The van der Waals surface area contributed by atoms with Crippen molar-refractivity contribution in [1.82, 2.24) is 29.6 Å². The number of anilines is 1. The van der Waals surface area contributed by atoms with Gasteiger partial charge in [-0.1, -0.05) is 11.3 Å². The van der Waals surface area contributed by atoms with Gasteiger partial charge in [0.1, 0.15) is 17.3 Å². The highest BCUT2D eigenvalue weighted by Gasteiger charge is 2.41. The van der Waals surface area contributed by atoms with Crippen LogP contribution in [0.5, 0.6) is 0 Å². The predicted molar refractivity (Wildman–Crippen MR) is 117 cm³/mol. The maximum atomic E-state index is 13.3. The zero-order valence-electron chi connectivity index (χ0n) is 17.6. The smallest absolute Gasteiger partial charge is 0.291 e. The van der Waals surface area contributed by atoms with E-state index in [4.69, 9.17) is 0 Å². The summed E-state index contributed by atoms with van der Waals surface area (Å²) < 4.78 is 70.1. The molecule has 5 rings (SSSR count). The van der Waals surface area contributed by atoms with E-state index in [0.29, 0.717) is 36.7 Å². The van der Waals surface area contributed by atoms with Crippen molar-refractivity contribution >= 4 is 32.7 Å². The normalized spacial score (nSPS) is 20.6. The van der Waals surface area contributed by atoms with Crippen LogP contribution >= 0.6 is 11.3 Å². The maximum absolute atomic E-state index is 13.3. The number of halogens is 3. The number of nitrogens with one attached hydrogen (secondary N) is 2. The third-order valence-electron chi connectivity index (χ3n) is 5.88. The minimum atomic E-state index is -3.88. The molecule has 0 spiro atoms. The predicted octanol–water partition coefficient (Wildman–Crippen LogP) is 2.37. The van der Waals surface area contributed by atoms with Crippen LogP contribution in [0.3, 0.4) is 0 Å². The fraction of sp³-hybridized carbons (Fsp3) is 0.526. The minimum absolute atomic E-state index is 0.00584. The molecule has 0 amide bonds. The van der Waals surface area contributed by atoms with Crippen molar-refractivity contribution in [1.29, 1.82) is 0 Å². The first-order valence-electron chi connectivity index (χ1n) is 10.4. The van der Waals surface area contributed by atoms with Gasteiger partial charge in [-0.3, -0.25) is 4.40 Å². The van der Waals surface area contributed by atoms with E-state index in [2.05, 4.69) is 25.2 Å². The fourth-order valence-corrected chi connectivity index (χ4v) is 6.02. The van der Waals surface area contributed by atoms with Crippen molar-refractivity contribution in [3.8, 4) is 10.7 Å². The van der Waals surface area contributed by atoms with E-state index in [1.165, 1.54) is 22.9 Å². The van der Waals surface area contributed by atoms with Crippen LogP contribution in [-0.4, -0.2) is 65.9 Å². The lowest BCUT2D eigenvalue weighted by Gasteiger charge is -2.34. The first kappa shape index (κ1) is 22.5. The third-order valence-corrected chi connectivity index (χ3v) is 8.44. The van der Waals surface area contributed by atoms with E-state index in [1.807, 2.05) is 11.8 Å². The lowest BCUT2D eigenvalue weighted by atomic mass is 10.2. The molecule has 3 aromatic heterocycles. The molecule has 1 aliphatic heterocycles. The first-order chi connectivity index (χ1) is 15.7. The Balaban J connectivity index is 1.65. The van der Waals surface area contributed by atoms with Crippen molar-refractivity contribution in [2.75, 3.05) is 31.2 Å². The van der Waals surface area contributed by atoms with Gasteiger partial charge in [0.2, 0.25) is 10.0 Å². The Morgan fingerprint density at radius 3 is 2.82 bits per heavy atom. The van der Waals surface area contributed by atoms with Gasteiger partial charge in [-0.15, -0.1) is 10.2 Å². The lowest BCUT2D eigenvalue weighted by Crippen LogP contribution is -2.52. The van der Waals surface area contributed by atoms with Crippen LogP contribution in [0.4, 0.5) is 18.9 Å². The molecule has 2 aliphatic rings. The molecular weight excluding hydrogens is 479 g/mol. The molecule has 0 radical (unpaired) electrons. The molecule has 2 N–H and O–H groups in total. The SMILES string of the molecule is CC1(NS(=O)(=O)c2cc(N3CCN[C@H](CF)C3)c3ncc(-c4nnc(C(F)F)s4)n3c2)CC1. The van der Waals surface area contributed by atoms with Gasteiger partial charge in [-0.25, -0.2) is 31.3 Å². The summed E-state index contributed by atoms with van der Waals surface area (Å²) in [6.45, 7) is 2.65. The van der Waals surface area contributed by atoms with Gasteiger partial charge < -0.3 is 10.2 Å². The molecule has 1 saturated heterocycles. The molecule has 9 nitrogen and oxygen atoms in total. The van der Waals surface area contributed by atoms with E-state index in [0.717, 1.165) is 24.2 Å². The van der Waals surface area contributed by atoms with Crippen molar-refractivity contribution in [3.05, 3.63) is 23.5 Å². The molecule has 4 heterocycles. The van der Waals surface area contributed by atoms with Crippen molar-refractivity contribution in [2.24, 2.45) is 0 Å². The number of sulfonamides is 1. The van der Waals surface area contributed by atoms with E-state index < -0.39 is 39.7 Å². The van der Waals surface area contributed by atoms with Crippen LogP contribution in [0.1, 0.15) is 31.2 Å². The van der Waals surface area contributed by atoms with Gasteiger partial charge >= 0.3 is 0 Å². The molecule has 0 unspecified atom stereocenters. The average Bonchev–Trinajstić information content (AvgIpc) is 3.19. The highest BCUT2D eigenvalue weighted by atomic mass is 32.2. The summed E-state index contributed by atoms with van der Waals surface area (Å²) in [7, 11) is -3.88. The Kier molecular flexibility index (Phi) is 5.58. The Morgan fingerprint density at radius 2 is 2.15 bits per heavy atom. The number of hydrogen-bond acceptors (Lipinski definition) is 8. The van der Waals surface area contributed by atoms with Crippen molar-refractivity contribution in [3.63, 3.8) is 0 Å². The Morgan fingerprint density at radius 1 is 1.36 bits per heavy atom. The lowest BCUT2D eigenvalue weighted by molar-refractivity contribution is 0.150. The summed E-state index contributed by atoms with van der Waals surface area (Å²) in [6, 6.07) is 1.14. The second-order valence-corrected chi connectivity index (χ2v) is 11.3. The molecule has 0 aromatic carbocycles. The van der Waals surface area contributed by atoms with Gasteiger partial charge in [0.05, 0.1) is 17.9 Å². The highest BCUT2D eigenvalue weighted by Crippen LogP contribution is 2.37. The molecular formula is C19H22F3N7O2S2. The van der Waals surface area contributed by atoms with Crippen LogP contribution in [0.2, 0.25) is 0 Å². The number of rotatable bonds is 7. The maximum Gasteiger partial charge on any atom is 0.291 e. The monoisotopic (exact) mass is 501 g/mol. The van der Waals surface area contributed by atoms with Crippen LogP contribution < -0.4 is 14.9 Å². The standard InChI is InChI=1S/C19H22F3N7O2S2/c1-19(2-3-19)27-33(30,31)12-6-13(28-5-4-23-11(7-20)9-28)16-24-8-14(29(16)10-12)17-25-26-18(32-17)15(21)22/h6,8,10-11,15,23,27H,2-5,7,9H2,1H3/t11-/m1/s1. The summed E-state index contributed by atoms with van der Waals surface area (Å²) in [5.41, 5.74) is 0.812. The molecule has 33 heavy (non-hydrogen) atoms. The first-order valence-corrected chi connectivity index (χ1v) is 12.7. The quantitative estimate of drug-likeness (QED) is 0.512. The van der Waals surface area contributed by atoms with Gasteiger partial charge in [0, 0.05) is 31.4 Å². The topological polar surface area (TPSA) is 105 Å². The van der Waals surface area contributed by atoms with Gasteiger partial charge in [0.25, 0.3) is 6.43 Å². The summed E-state index contributed by atoms with van der Waals surface area (Å²) in [6.07, 6.45) is 1.59. The molecule has 2 fully saturated rings. The second-order valence-electron chi connectivity index (χ2n) is 8.56. The van der Waals surface area contributed by atoms with E-state index in [-0.39, 0.29) is 9.90 Å². The summed E-state index contributed by atoms with van der Waals surface area (Å²) in [5.74, 6) is 0. The van der Waals surface area contributed by atoms with Gasteiger partial charge in [-0.05, 0) is 25.8 Å². The Hall–Kier alpha value is -2.29. The number of pyridine rings is 1. The second kappa shape index (κ2) is 8.18. The number of piperazine rings is 1. The van der Waals surface area contributed by atoms with E-state index in [1.54, 1.807) is 0 Å². The summed E-state index contributed by atoms with van der Waals surface area (Å²) in [5, 5.41) is 10.2. The largest absolute Gasteiger partial charge is 0.366 e. The molecule has 1 aliphatic carbocycles. The zero-order chi connectivity index (χ0) is 23.4. The average molecular weight is 502 g/mol. The highest BCUT2D eigenvalue weighted by molar-refractivity contribution is 7.89. The number of nitrogens with zero attached hydrogens (tertiary/aromatic N) is 5. The number of fused-ring (bicyclic) bond motifs is 1. The molecule has 14 heteroatoms. The van der Waals surface area contributed by atoms with Crippen molar-refractivity contribution < 1.29 is 21.6 Å². The molecule has 1 atom stereocenters. The molecule has 3 aromatic rings. The van der Waals surface area contributed by atoms with Crippen LogP contribution in [-0.2, 0) is 10.0 Å². The summed E-state index contributed by atoms with van der Waals surface area (Å²) >= 11 is 0.721. The van der Waals surface area contributed by atoms with Crippen LogP contribution in [0, 0.1) is 0 Å². The molecule has 1 saturated carbocycles.